The summed E-state index contributed by atoms with van der Waals surface area (Å²) in [6.07, 6.45) is 0.539. The zero-order valence-corrected chi connectivity index (χ0v) is 14.3. The predicted molar refractivity (Wildman–Crippen MR) is 92.3 cm³/mol. The summed E-state index contributed by atoms with van der Waals surface area (Å²) < 4.78 is 5.29. The summed E-state index contributed by atoms with van der Waals surface area (Å²) in [5, 5.41) is 14.0. The first-order chi connectivity index (χ1) is 12.5. The van der Waals surface area contributed by atoms with E-state index >= 15 is 0 Å². The Morgan fingerprint density at radius 3 is 2.85 bits per heavy atom. The molecule has 0 bridgehead atoms. The smallest absolute Gasteiger partial charge is 0.288 e. The number of Topliss-reactive ketones (excluding diaryl/α,β-unsaturated/α-hetero) is 1. The molecule has 3 aliphatic rings. The average Bonchev–Trinajstić information content (AvgIpc) is 2.61. The van der Waals surface area contributed by atoms with Crippen LogP contribution in [0.15, 0.2) is 34.5 Å². The van der Waals surface area contributed by atoms with Crippen LogP contribution in [0, 0.1) is 16.0 Å². The van der Waals surface area contributed by atoms with E-state index in [1.165, 1.54) is 12.1 Å². The molecule has 0 spiro atoms. The SMILES string of the molecule is O=C1NCCC2=C1C(c1ccc(Cl)c([N+](=O)[O-])c1)C1C(=O)COCC1=N2. The second kappa shape index (κ2) is 6.30. The summed E-state index contributed by atoms with van der Waals surface area (Å²) in [5.41, 5.74) is 1.82. The monoisotopic (exact) mass is 375 g/mol. The van der Waals surface area contributed by atoms with E-state index in [-0.39, 0.29) is 35.6 Å². The second-order valence-corrected chi connectivity index (χ2v) is 6.76. The molecule has 2 unspecified atom stereocenters. The van der Waals surface area contributed by atoms with Gasteiger partial charge in [0.2, 0.25) is 5.91 Å². The molecule has 1 amide bonds. The van der Waals surface area contributed by atoms with E-state index < -0.39 is 16.8 Å². The summed E-state index contributed by atoms with van der Waals surface area (Å²) >= 11 is 5.92. The minimum absolute atomic E-state index is 0.00375. The molecular formula is C17H14ClN3O5. The Morgan fingerprint density at radius 1 is 1.27 bits per heavy atom. The van der Waals surface area contributed by atoms with E-state index in [1.807, 2.05) is 0 Å². The number of nitro benzene ring substituents is 1. The third-order valence-corrected chi connectivity index (χ3v) is 5.17. The first-order valence-corrected chi connectivity index (χ1v) is 8.48. The van der Waals surface area contributed by atoms with Crippen molar-refractivity contribution in [3.05, 3.63) is 50.2 Å². The van der Waals surface area contributed by atoms with Crippen molar-refractivity contribution in [1.29, 1.82) is 0 Å². The lowest BCUT2D eigenvalue weighted by Crippen LogP contribution is -2.46. The van der Waals surface area contributed by atoms with Crippen LogP contribution >= 0.6 is 11.6 Å². The zero-order valence-electron chi connectivity index (χ0n) is 13.5. The van der Waals surface area contributed by atoms with Gasteiger partial charge in [-0.05, 0) is 11.6 Å². The number of carbonyl (C=O) groups is 2. The van der Waals surface area contributed by atoms with Gasteiger partial charge >= 0.3 is 0 Å². The van der Waals surface area contributed by atoms with Crippen LogP contribution in [0.5, 0.6) is 0 Å². The number of aliphatic imine (C=N–C) groups is 1. The molecule has 3 aliphatic heterocycles. The van der Waals surface area contributed by atoms with Crippen LogP contribution in [-0.2, 0) is 14.3 Å². The first-order valence-electron chi connectivity index (χ1n) is 8.10. The highest BCUT2D eigenvalue weighted by Gasteiger charge is 2.45. The molecular weight excluding hydrogens is 362 g/mol. The lowest BCUT2D eigenvalue weighted by molar-refractivity contribution is -0.384. The second-order valence-electron chi connectivity index (χ2n) is 6.35. The normalized spacial score (nSPS) is 25.2. The van der Waals surface area contributed by atoms with Crippen molar-refractivity contribution >= 4 is 34.7 Å². The van der Waals surface area contributed by atoms with Gasteiger partial charge in [0.25, 0.3) is 5.69 Å². The van der Waals surface area contributed by atoms with Crippen molar-refractivity contribution in [1.82, 2.24) is 5.32 Å². The Kier molecular flexibility index (Phi) is 4.08. The van der Waals surface area contributed by atoms with Crippen molar-refractivity contribution in [2.24, 2.45) is 10.9 Å². The van der Waals surface area contributed by atoms with Gasteiger partial charge in [-0.2, -0.15) is 0 Å². The Morgan fingerprint density at radius 2 is 2.08 bits per heavy atom. The fourth-order valence-corrected chi connectivity index (χ4v) is 3.94. The maximum atomic E-state index is 12.6. The van der Waals surface area contributed by atoms with Gasteiger partial charge in [-0.3, -0.25) is 24.7 Å². The van der Waals surface area contributed by atoms with Gasteiger partial charge in [-0.15, -0.1) is 0 Å². The van der Waals surface area contributed by atoms with E-state index in [0.717, 1.165) is 0 Å². The predicted octanol–water partition coefficient (Wildman–Crippen LogP) is 1.78. The molecule has 1 aromatic rings. The van der Waals surface area contributed by atoms with Crippen LogP contribution < -0.4 is 5.32 Å². The summed E-state index contributed by atoms with van der Waals surface area (Å²) in [6.45, 7) is 0.600. The van der Waals surface area contributed by atoms with Gasteiger partial charge < -0.3 is 10.1 Å². The molecule has 26 heavy (non-hydrogen) atoms. The number of hydrogen-bond acceptors (Lipinski definition) is 6. The van der Waals surface area contributed by atoms with Gasteiger partial charge in [0.1, 0.15) is 11.6 Å². The maximum absolute atomic E-state index is 12.6. The fourth-order valence-electron chi connectivity index (χ4n) is 3.76. The van der Waals surface area contributed by atoms with Crippen molar-refractivity contribution < 1.29 is 19.2 Å². The largest absolute Gasteiger partial charge is 0.368 e. The van der Waals surface area contributed by atoms with E-state index in [9.17, 15) is 19.7 Å². The molecule has 3 heterocycles. The molecule has 9 heteroatoms. The molecule has 4 rings (SSSR count). The lowest BCUT2D eigenvalue weighted by atomic mass is 9.71. The minimum atomic E-state index is -0.660. The molecule has 1 saturated heterocycles. The van der Waals surface area contributed by atoms with Crippen LogP contribution in [0.3, 0.4) is 0 Å². The van der Waals surface area contributed by atoms with Crippen molar-refractivity contribution in [2.45, 2.75) is 12.3 Å². The van der Waals surface area contributed by atoms with Gasteiger partial charge in [0.05, 0.1) is 28.9 Å². The lowest BCUT2D eigenvalue weighted by Gasteiger charge is -2.37. The number of benzene rings is 1. The van der Waals surface area contributed by atoms with Crippen LogP contribution in [0.2, 0.25) is 5.02 Å². The average molecular weight is 376 g/mol. The molecule has 134 valence electrons. The maximum Gasteiger partial charge on any atom is 0.288 e. The van der Waals surface area contributed by atoms with E-state index in [1.54, 1.807) is 6.07 Å². The molecule has 2 atom stereocenters. The topological polar surface area (TPSA) is 111 Å². The van der Waals surface area contributed by atoms with Gasteiger partial charge in [-0.1, -0.05) is 17.7 Å². The van der Waals surface area contributed by atoms with Gasteiger partial charge in [-0.25, -0.2) is 0 Å². The Hall–Kier alpha value is -2.58. The van der Waals surface area contributed by atoms with Crippen LogP contribution in [-0.4, -0.2) is 42.1 Å². The molecule has 1 aromatic carbocycles. The highest BCUT2D eigenvalue weighted by atomic mass is 35.5. The number of ether oxygens (including phenoxy) is 1. The summed E-state index contributed by atoms with van der Waals surface area (Å²) in [5.74, 6) is -1.78. The molecule has 0 radical (unpaired) electrons. The standard InChI is InChI=1S/C17H14ClN3O5/c18-9-2-1-8(5-12(9)21(24)25)14-15-11(6-26-7-13(15)22)20-10-3-4-19-17(23)16(10)14/h1-2,5,14-15H,3-4,6-7H2,(H,19,23). The molecule has 0 aromatic heterocycles. The first kappa shape index (κ1) is 16.9. The zero-order chi connectivity index (χ0) is 18.4. The Labute approximate surface area is 153 Å². The molecule has 0 aliphatic carbocycles. The number of amides is 1. The Balaban J connectivity index is 1.91. The third-order valence-electron chi connectivity index (χ3n) is 4.85. The molecule has 0 saturated carbocycles. The van der Waals surface area contributed by atoms with Crippen LogP contribution in [0.25, 0.3) is 0 Å². The molecule has 8 nitrogen and oxygen atoms in total. The number of ketones is 1. The molecule has 1 fully saturated rings. The quantitative estimate of drug-likeness (QED) is 0.625. The van der Waals surface area contributed by atoms with Crippen LogP contribution in [0.4, 0.5) is 5.69 Å². The fraction of sp³-hybridized carbons (Fsp3) is 0.353. The molecule has 1 N–H and O–H groups in total. The van der Waals surface area contributed by atoms with Crippen molar-refractivity contribution in [2.75, 3.05) is 19.8 Å². The minimum Gasteiger partial charge on any atom is -0.368 e. The number of nitrogens with zero attached hydrogens (tertiary/aromatic N) is 2. The van der Waals surface area contributed by atoms with Crippen molar-refractivity contribution in [3.63, 3.8) is 0 Å². The van der Waals surface area contributed by atoms with E-state index in [0.29, 0.717) is 35.5 Å². The van der Waals surface area contributed by atoms with E-state index in [4.69, 9.17) is 16.3 Å². The highest BCUT2D eigenvalue weighted by molar-refractivity contribution is 6.32. The number of fused-ring (bicyclic) bond motifs is 1. The number of hydrogen-bond donors (Lipinski definition) is 1. The summed E-state index contributed by atoms with van der Waals surface area (Å²) in [4.78, 5) is 40.3. The van der Waals surface area contributed by atoms with Crippen LogP contribution in [0.1, 0.15) is 17.9 Å². The van der Waals surface area contributed by atoms with Crippen molar-refractivity contribution in [3.8, 4) is 0 Å². The van der Waals surface area contributed by atoms with Gasteiger partial charge in [0, 0.05) is 30.5 Å². The number of nitrogens with one attached hydrogen (secondary N) is 1. The summed E-state index contributed by atoms with van der Waals surface area (Å²) in [6, 6.07) is 4.38. The number of carbonyl (C=O) groups excluding carboxylic acids is 2. The number of rotatable bonds is 2. The highest BCUT2D eigenvalue weighted by Crippen LogP contribution is 2.43. The number of halogens is 1. The summed E-state index contributed by atoms with van der Waals surface area (Å²) in [7, 11) is 0. The number of nitro groups is 1. The third kappa shape index (κ3) is 2.62. The Bertz CT molecular complexity index is 908. The van der Waals surface area contributed by atoms with Gasteiger partial charge in [0.15, 0.2) is 5.78 Å². The van der Waals surface area contributed by atoms with E-state index in [2.05, 4.69) is 10.3 Å².